The van der Waals surface area contributed by atoms with E-state index in [0.717, 1.165) is 25.7 Å². The minimum Gasteiger partial charge on any atom is -0.292 e. The molecule has 0 saturated heterocycles. The van der Waals surface area contributed by atoms with Crippen LogP contribution in [0.4, 0.5) is 0 Å². The molecule has 84 valence electrons. The van der Waals surface area contributed by atoms with Crippen molar-refractivity contribution in [2.45, 2.75) is 39.5 Å². The summed E-state index contributed by atoms with van der Waals surface area (Å²) in [6, 6.07) is 0. The Morgan fingerprint density at radius 3 is 2.40 bits per heavy atom. The highest BCUT2D eigenvalue weighted by Gasteiger charge is 2.21. The third-order valence-electron chi connectivity index (χ3n) is 2.61. The number of carbonyl (C=O) groups excluding carboxylic acids is 1. The SMILES string of the molecule is CCCC(CCC)C(=O)c1cnnn1C. The van der Waals surface area contributed by atoms with Crippen LogP contribution in [0.25, 0.3) is 0 Å². The summed E-state index contributed by atoms with van der Waals surface area (Å²) in [5.41, 5.74) is 0.627. The van der Waals surface area contributed by atoms with Crippen LogP contribution in [0.1, 0.15) is 50.0 Å². The maximum Gasteiger partial charge on any atom is 0.185 e. The van der Waals surface area contributed by atoms with Crippen LogP contribution in [0.2, 0.25) is 0 Å². The number of rotatable bonds is 6. The van der Waals surface area contributed by atoms with E-state index in [1.807, 2.05) is 0 Å². The average Bonchev–Trinajstić information content (AvgIpc) is 2.63. The van der Waals surface area contributed by atoms with E-state index in [4.69, 9.17) is 0 Å². The lowest BCUT2D eigenvalue weighted by Gasteiger charge is -2.13. The number of ketones is 1. The number of hydrogen-bond acceptors (Lipinski definition) is 3. The second-order valence-corrected chi connectivity index (χ2v) is 3.88. The van der Waals surface area contributed by atoms with E-state index in [-0.39, 0.29) is 11.7 Å². The molecule has 0 N–H and O–H groups in total. The molecule has 0 aliphatic rings. The highest BCUT2D eigenvalue weighted by Crippen LogP contribution is 2.18. The van der Waals surface area contributed by atoms with E-state index in [1.54, 1.807) is 17.9 Å². The van der Waals surface area contributed by atoms with Crippen LogP contribution >= 0.6 is 0 Å². The van der Waals surface area contributed by atoms with E-state index in [1.165, 1.54) is 0 Å². The summed E-state index contributed by atoms with van der Waals surface area (Å²) in [6.07, 6.45) is 5.56. The third kappa shape index (κ3) is 2.88. The van der Waals surface area contributed by atoms with Gasteiger partial charge in [0.1, 0.15) is 5.69 Å². The number of carbonyl (C=O) groups is 1. The molecule has 0 fully saturated rings. The van der Waals surface area contributed by atoms with Crippen molar-refractivity contribution < 1.29 is 4.79 Å². The van der Waals surface area contributed by atoms with Crippen molar-refractivity contribution in [1.29, 1.82) is 0 Å². The number of nitrogens with zero attached hydrogens (tertiary/aromatic N) is 3. The van der Waals surface area contributed by atoms with Gasteiger partial charge in [0.2, 0.25) is 0 Å². The molecular formula is C11H19N3O. The van der Waals surface area contributed by atoms with Gasteiger partial charge in [0.15, 0.2) is 5.78 Å². The molecule has 4 nitrogen and oxygen atoms in total. The molecule has 0 bridgehead atoms. The lowest BCUT2D eigenvalue weighted by atomic mass is 9.92. The molecule has 0 spiro atoms. The molecule has 0 aliphatic carbocycles. The number of aryl methyl sites for hydroxylation is 1. The predicted molar refractivity (Wildman–Crippen MR) is 58.6 cm³/mol. The van der Waals surface area contributed by atoms with Gasteiger partial charge in [0, 0.05) is 13.0 Å². The first kappa shape index (κ1) is 11.9. The van der Waals surface area contributed by atoms with Crippen molar-refractivity contribution in [2.75, 3.05) is 0 Å². The zero-order chi connectivity index (χ0) is 11.3. The fourth-order valence-electron chi connectivity index (χ4n) is 1.83. The predicted octanol–water partition coefficient (Wildman–Crippen LogP) is 2.21. The molecule has 1 rings (SSSR count). The van der Waals surface area contributed by atoms with E-state index in [9.17, 15) is 4.79 Å². The first-order valence-corrected chi connectivity index (χ1v) is 5.59. The lowest BCUT2D eigenvalue weighted by molar-refractivity contribution is 0.0895. The molecular weight excluding hydrogens is 190 g/mol. The monoisotopic (exact) mass is 209 g/mol. The fourth-order valence-corrected chi connectivity index (χ4v) is 1.83. The Morgan fingerprint density at radius 2 is 2.00 bits per heavy atom. The van der Waals surface area contributed by atoms with Crippen molar-refractivity contribution in [3.8, 4) is 0 Å². The van der Waals surface area contributed by atoms with Crippen molar-refractivity contribution in [3.63, 3.8) is 0 Å². The van der Waals surface area contributed by atoms with Gasteiger partial charge in [-0.25, -0.2) is 4.68 Å². The second-order valence-electron chi connectivity index (χ2n) is 3.88. The highest BCUT2D eigenvalue weighted by atomic mass is 16.1. The second kappa shape index (κ2) is 5.63. The van der Waals surface area contributed by atoms with Gasteiger partial charge in [-0.1, -0.05) is 31.9 Å². The van der Waals surface area contributed by atoms with E-state index < -0.39 is 0 Å². The van der Waals surface area contributed by atoms with Gasteiger partial charge in [-0.3, -0.25) is 4.79 Å². The molecule has 0 amide bonds. The number of hydrogen-bond donors (Lipinski definition) is 0. The Balaban J connectivity index is 2.76. The zero-order valence-corrected chi connectivity index (χ0v) is 9.73. The molecule has 1 aromatic rings. The fraction of sp³-hybridized carbons (Fsp3) is 0.727. The van der Waals surface area contributed by atoms with Gasteiger partial charge < -0.3 is 0 Å². The minimum atomic E-state index is 0.136. The lowest BCUT2D eigenvalue weighted by Crippen LogP contribution is -2.17. The maximum absolute atomic E-state index is 12.1. The van der Waals surface area contributed by atoms with E-state index in [0.29, 0.717) is 5.69 Å². The number of Topliss-reactive ketones (excluding diaryl/α,β-unsaturated/α-hetero) is 1. The molecule has 15 heavy (non-hydrogen) atoms. The number of aromatic nitrogens is 3. The van der Waals surface area contributed by atoms with Gasteiger partial charge >= 0.3 is 0 Å². The van der Waals surface area contributed by atoms with Crippen molar-refractivity contribution in [3.05, 3.63) is 11.9 Å². The van der Waals surface area contributed by atoms with E-state index in [2.05, 4.69) is 24.2 Å². The molecule has 4 heteroatoms. The zero-order valence-electron chi connectivity index (χ0n) is 9.73. The maximum atomic E-state index is 12.1. The Labute approximate surface area is 90.7 Å². The Kier molecular flexibility index (Phi) is 4.46. The molecule has 0 atom stereocenters. The first-order valence-electron chi connectivity index (χ1n) is 5.59. The molecule has 0 unspecified atom stereocenters. The van der Waals surface area contributed by atoms with Crippen LogP contribution in [-0.4, -0.2) is 20.8 Å². The molecule has 0 aromatic carbocycles. The van der Waals surface area contributed by atoms with Gasteiger partial charge in [0.25, 0.3) is 0 Å². The van der Waals surface area contributed by atoms with E-state index >= 15 is 0 Å². The molecule has 0 aliphatic heterocycles. The minimum absolute atomic E-state index is 0.136. The molecule has 0 radical (unpaired) electrons. The average molecular weight is 209 g/mol. The molecule has 0 saturated carbocycles. The van der Waals surface area contributed by atoms with Crippen LogP contribution in [0.15, 0.2) is 6.20 Å². The Bertz CT molecular complexity index is 313. The summed E-state index contributed by atoms with van der Waals surface area (Å²) in [5, 5.41) is 7.52. The highest BCUT2D eigenvalue weighted by molar-refractivity contribution is 5.95. The molecule has 1 heterocycles. The van der Waals surface area contributed by atoms with Crippen LogP contribution in [0.3, 0.4) is 0 Å². The summed E-state index contributed by atoms with van der Waals surface area (Å²) >= 11 is 0. The van der Waals surface area contributed by atoms with Crippen molar-refractivity contribution >= 4 is 5.78 Å². The van der Waals surface area contributed by atoms with Gasteiger partial charge in [-0.05, 0) is 12.8 Å². The standard InChI is InChI=1S/C11H19N3O/c1-4-6-9(7-5-2)11(15)10-8-12-13-14(10)3/h8-9H,4-7H2,1-3H3. The van der Waals surface area contributed by atoms with Crippen LogP contribution in [0, 0.1) is 5.92 Å². The summed E-state index contributed by atoms with van der Waals surface area (Å²) < 4.78 is 1.56. The normalized spacial score (nSPS) is 10.9. The topological polar surface area (TPSA) is 47.8 Å². The van der Waals surface area contributed by atoms with Crippen LogP contribution in [0.5, 0.6) is 0 Å². The van der Waals surface area contributed by atoms with Crippen LogP contribution < -0.4 is 0 Å². The van der Waals surface area contributed by atoms with Crippen molar-refractivity contribution in [1.82, 2.24) is 15.0 Å². The summed E-state index contributed by atoms with van der Waals surface area (Å²) in [5.74, 6) is 0.323. The van der Waals surface area contributed by atoms with Gasteiger partial charge in [-0.15, -0.1) is 5.10 Å². The van der Waals surface area contributed by atoms with Gasteiger partial charge in [-0.2, -0.15) is 0 Å². The Hall–Kier alpha value is -1.19. The summed E-state index contributed by atoms with van der Waals surface area (Å²) in [7, 11) is 1.76. The summed E-state index contributed by atoms with van der Waals surface area (Å²) in [6.45, 7) is 4.22. The van der Waals surface area contributed by atoms with Gasteiger partial charge in [0.05, 0.1) is 6.20 Å². The van der Waals surface area contributed by atoms with Crippen LogP contribution in [-0.2, 0) is 7.05 Å². The largest absolute Gasteiger partial charge is 0.292 e. The third-order valence-corrected chi connectivity index (χ3v) is 2.61. The Morgan fingerprint density at radius 1 is 1.40 bits per heavy atom. The summed E-state index contributed by atoms with van der Waals surface area (Å²) in [4.78, 5) is 12.1. The van der Waals surface area contributed by atoms with Crippen molar-refractivity contribution in [2.24, 2.45) is 13.0 Å². The quantitative estimate of drug-likeness (QED) is 0.675. The smallest absolute Gasteiger partial charge is 0.185 e. The molecule has 1 aromatic heterocycles. The first-order chi connectivity index (χ1) is 7.20.